The average Bonchev–Trinajstić information content (AvgIpc) is 2.73. The zero-order valence-electron chi connectivity index (χ0n) is 11.9. The predicted molar refractivity (Wildman–Crippen MR) is 90.1 cm³/mol. The van der Waals surface area contributed by atoms with Gasteiger partial charge in [0.2, 0.25) is 5.91 Å². The molecule has 21 heavy (non-hydrogen) atoms. The maximum Gasteiger partial charge on any atom is 0.231 e. The van der Waals surface area contributed by atoms with Gasteiger partial charge < -0.3 is 4.90 Å². The van der Waals surface area contributed by atoms with Crippen molar-refractivity contribution in [2.45, 2.75) is 18.7 Å². The Labute approximate surface area is 137 Å². The molecule has 0 fully saturated rings. The molecule has 0 radical (unpaired) electrons. The molecule has 0 saturated heterocycles. The highest BCUT2D eigenvalue weighted by molar-refractivity contribution is 9.10. The number of amides is 1. The van der Waals surface area contributed by atoms with Gasteiger partial charge in [0, 0.05) is 17.2 Å². The number of benzene rings is 2. The van der Waals surface area contributed by atoms with Crippen molar-refractivity contribution in [3.05, 3.63) is 63.1 Å². The van der Waals surface area contributed by atoms with E-state index in [2.05, 4.69) is 35.0 Å². The van der Waals surface area contributed by atoms with Crippen LogP contribution in [-0.4, -0.2) is 13.0 Å². The van der Waals surface area contributed by atoms with Crippen molar-refractivity contribution in [1.82, 2.24) is 0 Å². The summed E-state index contributed by atoms with van der Waals surface area (Å²) in [7, 11) is 1.81. The maximum atomic E-state index is 11.8. The molecule has 0 aliphatic carbocycles. The Balaban J connectivity index is 1.98. The molecular formula is C17H15BrClNO. The smallest absolute Gasteiger partial charge is 0.231 e. The lowest BCUT2D eigenvalue weighted by molar-refractivity contribution is -0.117. The maximum absolute atomic E-state index is 11.8. The van der Waals surface area contributed by atoms with Crippen molar-refractivity contribution in [3.8, 4) is 0 Å². The van der Waals surface area contributed by atoms with Crippen molar-refractivity contribution in [3.63, 3.8) is 0 Å². The monoisotopic (exact) mass is 363 g/mol. The van der Waals surface area contributed by atoms with Crippen molar-refractivity contribution >= 4 is 39.1 Å². The number of likely N-dealkylation sites (N-methyl/N-ethyl adjacent to an activating group) is 1. The van der Waals surface area contributed by atoms with Gasteiger partial charge in [-0.25, -0.2) is 0 Å². The minimum Gasteiger partial charge on any atom is -0.315 e. The first-order chi connectivity index (χ1) is 9.97. The summed E-state index contributed by atoms with van der Waals surface area (Å²) in [6.07, 6.45) is 0.461. The summed E-state index contributed by atoms with van der Waals surface area (Å²) in [5, 5.41) is -0.204. The second kappa shape index (κ2) is 5.47. The number of carbonyl (C=O) groups is 1. The van der Waals surface area contributed by atoms with Gasteiger partial charge in [0.05, 0.1) is 11.8 Å². The highest BCUT2D eigenvalue weighted by Crippen LogP contribution is 2.36. The Morgan fingerprint density at radius 1 is 1.24 bits per heavy atom. The summed E-state index contributed by atoms with van der Waals surface area (Å²) in [5.74, 6) is 0.132. The SMILES string of the molecule is Cc1cc(Br)ccc1C(Cl)c1ccc2c(c1)CC(=O)N2C. The number of hydrogen-bond donors (Lipinski definition) is 0. The molecule has 0 saturated carbocycles. The van der Waals surface area contributed by atoms with Gasteiger partial charge in [-0.2, -0.15) is 0 Å². The molecule has 108 valence electrons. The molecule has 1 heterocycles. The van der Waals surface area contributed by atoms with E-state index in [9.17, 15) is 4.79 Å². The Kier molecular flexibility index (Phi) is 3.80. The summed E-state index contributed by atoms with van der Waals surface area (Å²) < 4.78 is 1.05. The minimum atomic E-state index is -0.204. The number of hydrogen-bond acceptors (Lipinski definition) is 1. The van der Waals surface area contributed by atoms with Crippen LogP contribution in [0.4, 0.5) is 5.69 Å². The average molecular weight is 365 g/mol. The second-order valence-electron chi connectivity index (χ2n) is 5.38. The number of halogens is 2. The second-order valence-corrected chi connectivity index (χ2v) is 6.73. The Hall–Kier alpha value is -1.32. The van der Waals surface area contributed by atoms with Crippen LogP contribution in [0.25, 0.3) is 0 Å². The normalized spacial score (nSPS) is 15.2. The molecule has 0 spiro atoms. The van der Waals surface area contributed by atoms with Crippen LogP contribution in [0.3, 0.4) is 0 Å². The lowest BCUT2D eigenvalue weighted by Gasteiger charge is -2.16. The fraction of sp³-hybridized carbons (Fsp3) is 0.235. The summed E-state index contributed by atoms with van der Waals surface area (Å²) in [6.45, 7) is 2.06. The first-order valence-corrected chi connectivity index (χ1v) is 8.00. The summed E-state index contributed by atoms with van der Waals surface area (Å²) >= 11 is 10.1. The number of carbonyl (C=O) groups excluding carboxylic acids is 1. The van der Waals surface area contributed by atoms with Crippen LogP contribution >= 0.6 is 27.5 Å². The van der Waals surface area contributed by atoms with E-state index in [1.54, 1.807) is 4.90 Å². The van der Waals surface area contributed by atoms with Crippen LogP contribution in [0.1, 0.15) is 27.6 Å². The molecule has 1 amide bonds. The lowest BCUT2D eigenvalue weighted by Crippen LogP contribution is -2.20. The molecule has 0 aromatic heterocycles. The fourth-order valence-electron chi connectivity index (χ4n) is 2.75. The molecule has 1 unspecified atom stereocenters. The molecule has 1 aliphatic heterocycles. The number of nitrogens with zero attached hydrogens (tertiary/aromatic N) is 1. The Bertz CT molecular complexity index is 729. The van der Waals surface area contributed by atoms with Crippen molar-refractivity contribution < 1.29 is 4.79 Å². The van der Waals surface area contributed by atoms with E-state index in [-0.39, 0.29) is 11.3 Å². The third kappa shape index (κ3) is 2.60. The topological polar surface area (TPSA) is 20.3 Å². The van der Waals surface area contributed by atoms with Gasteiger partial charge in [-0.05, 0) is 47.4 Å². The summed E-state index contributed by atoms with van der Waals surface area (Å²) in [6, 6.07) is 12.2. The number of fused-ring (bicyclic) bond motifs is 1. The Morgan fingerprint density at radius 3 is 2.71 bits per heavy atom. The number of rotatable bonds is 2. The third-order valence-electron chi connectivity index (χ3n) is 3.98. The van der Waals surface area contributed by atoms with Crippen LogP contribution < -0.4 is 4.90 Å². The molecule has 1 atom stereocenters. The molecule has 2 aromatic rings. The molecule has 4 heteroatoms. The van der Waals surface area contributed by atoms with E-state index < -0.39 is 0 Å². The molecule has 0 N–H and O–H groups in total. The van der Waals surface area contributed by atoms with Gasteiger partial charge in [0.15, 0.2) is 0 Å². The molecule has 0 bridgehead atoms. The third-order valence-corrected chi connectivity index (χ3v) is 4.96. The fourth-order valence-corrected chi connectivity index (χ4v) is 3.61. The molecule has 3 rings (SSSR count). The quantitative estimate of drug-likeness (QED) is 0.713. The van der Waals surface area contributed by atoms with E-state index in [4.69, 9.17) is 11.6 Å². The van der Waals surface area contributed by atoms with Crippen LogP contribution in [-0.2, 0) is 11.2 Å². The van der Waals surface area contributed by atoms with Crippen molar-refractivity contribution in [1.29, 1.82) is 0 Å². The van der Waals surface area contributed by atoms with Gasteiger partial charge in [0.1, 0.15) is 0 Å². The summed E-state index contributed by atoms with van der Waals surface area (Å²) in [5.41, 5.74) is 5.32. The van der Waals surface area contributed by atoms with Crippen molar-refractivity contribution in [2.24, 2.45) is 0 Å². The number of alkyl halides is 1. The lowest BCUT2D eigenvalue weighted by atomic mass is 9.98. The molecule has 1 aliphatic rings. The first kappa shape index (κ1) is 14.6. The first-order valence-electron chi connectivity index (χ1n) is 6.77. The summed E-state index contributed by atoms with van der Waals surface area (Å²) in [4.78, 5) is 13.5. The van der Waals surface area contributed by atoms with E-state index in [0.29, 0.717) is 6.42 Å². The highest BCUT2D eigenvalue weighted by Gasteiger charge is 2.25. The van der Waals surface area contributed by atoms with Gasteiger partial charge in [-0.15, -0.1) is 11.6 Å². The predicted octanol–water partition coefficient (Wildman–Crippen LogP) is 4.60. The van der Waals surface area contributed by atoms with Crippen LogP contribution in [0.2, 0.25) is 0 Å². The highest BCUT2D eigenvalue weighted by atomic mass is 79.9. The molecule has 2 nitrogen and oxygen atoms in total. The number of aryl methyl sites for hydroxylation is 1. The van der Waals surface area contributed by atoms with Gasteiger partial charge in [-0.3, -0.25) is 4.79 Å². The van der Waals surface area contributed by atoms with Gasteiger partial charge >= 0.3 is 0 Å². The van der Waals surface area contributed by atoms with E-state index in [1.807, 2.05) is 31.3 Å². The van der Waals surface area contributed by atoms with Gasteiger partial charge in [-0.1, -0.05) is 34.1 Å². The van der Waals surface area contributed by atoms with Gasteiger partial charge in [0.25, 0.3) is 0 Å². The van der Waals surface area contributed by atoms with E-state index >= 15 is 0 Å². The Morgan fingerprint density at radius 2 is 2.00 bits per heavy atom. The van der Waals surface area contributed by atoms with Crippen LogP contribution in [0.15, 0.2) is 40.9 Å². The number of anilines is 1. The zero-order chi connectivity index (χ0) is 15.1. The van der Waals surface area contributed by atoms with Crippen LogP contribution in [0, 0.1) is 6.92 Å². The largest absolute Gasteiger partial charge is 0.315 e. The van der Waals surface area contributed by atoms with Crippen LogP contribution in [0.5, 0.6) is 0 Å². The van der Waals surface area contributed by atoms with E-state index in [1.165, 1.54) is 0 Å². The zero-order valence-corrected chi connectivity index (χ0v) is 14.2. The molecular weight excluding hydrogens is 350 g/mol. The molecule has 2 aromatic carbocycles. The minimum absolute atomic E-state index is 0.132. The standard InChI is InChI=1S/C17H15BrClNO/c1-10-7-13(18)4-5-14(10)17(19)11-3-6-15-12(8-11)9-16(21)20(15)2/h3-8,17H,9H2,1-2H3. The van der Waals surface area contributed by atoms with E-state index in [0.717, 1.165) is 32.4 Å². The van der Waals surface area contributed by atoms with Crippen molar-refractivity contribution in [2.75, 3.05) is 11.9 Å².